The van der Waals surface area contributed by atoms with Crippen molar-refractivity contribution in [1.82, 2.24) is 0 Å². The number of benzene rings is 1. The van der Waals surface area contributed by atoms with Crippen LogP contribution in [-0.4, -0.2) is 11.7 Å². The molecule has 2 nitrogen and oxygen atoms in total. The van der Waals surface area contributed by atoms with E-state index in [4.69, 9.17) is 5.73 Å². The van der Waals surface area contributed by atoms with Gasteiger partial charge in [0.15, 0.2) is 0 Å². The molecule has 2 atom stereocenters. The molecule has 2 rings (SSSR count). The van der Waals surface area contributed by atoms with Crippen LogP contribution in [0.5, 0.6) is 5.75 Å². The van der Waals surface area contributed by atoms with Crippen LogP contribution in [0.4, 0.5) is 0 Å². The van der Waals surface area contributed by atoms with Crippen LogP contribution in [-0.2, 0) is 6.42 Å². The van der Waals surface area contributed by atoms with E-state index in [2.05, 4.69) is 13.0 Å². The first kappa shape index (κ1) is 10.5. The normalized spacial score (nSPS) is 24.9. The molecule has 1 aromatic rings. The van der Waals surface area contributed by atoms with Gasteiger partial charge in [-0.25, -0.2) is 0 Å². The zero-order valence-electron chi connectivity index (χ0n) is 9.24. The molecule has 0 fully saturated rings. The van der Waals surface area contributed by atoms with Crippen LogP contribution < -0.4 is 5.73 Å². The Morgan fingerprint density at radius 2 is 2.27 bits per heavy atom. The monoisotopic (exact) mass is 205 g/mol. The van der Waals surface area contributed by atoms with E-state index < -0.39 is 0 Å². The maximum absolute atomic E-state index is 9.80. The number of aromatic hydroxyl groups is 1. The van der Waals surface area contributed by atoms with Gasteiger partial charge in [0.25, 0.3) is 0 Å². The van der Waals surface area contributed by atoms with Crippen LogP contribution in [0.1, 0.15) is 36.8 Å². The molecule has 2 heteroatoms. The summed E-state index contributed by atoms with van der Waals surface area (Å²) in [5, 5.41) is 9.80. The molecule has 0 aliphatic heterocycles. The summed E-state index contributed by atoms with van der Waals surface area (Å²) in [7, 11) is 0. The molecule has 3 N–H and O–H groups in total. The minimum absolute atomic E-state index is 0.460. The van der Waals surface area contributed by atoms with Crippen LogP contribution in [0.25, 0.3) is 0 Å². The fraction of sp³-hybridized carbons (Fsp3) is 0.538. The van der Waals surface area contributed by atoms with Gasteiger partial charge in [0.2, 0.25) is 0 Å². The second-order valence-electron chi connectivity index (χ2n) is 4.39. The molecule has 82 valence electrons. The number of hydrogen-bond acceptors (Lipinski definition) is 2. The number of hydrogen-bond donors (Lipinski definition) is 2. The Morgan fingerprint density at radius 1 is 1.47 bits per heavy atom. The third-order valence-electron chi connectivity index (χ3n) is 3.66. The fourth-order valence-electron chi connectivity index (χ4n) is 2.83. The molecule has 0 spiro atoms. The average Bonchev–Trinajstić information content (AvgIpc) is 2.28. The third-order valence-corrected chi connectivity index (χ3v) is 3.66. The Morgan fingerprint density at radius 3 is 2.93 bits per heavy atom. The van der Waals surface area contributed by atoms with Crippen molar-refractivity contribution in [2.45, 2.75) is 32.1 Å². The first-order valence-corrected chi connectivity index (χ1v) is 5.78. The molecule has 0 saturated carbocycles. The maximum atomic E-state index is 9.80. The van der Waals surface area contributed by atoms with Crippen LogP contribution >= 0.6 is 0 Å². The molecule has 0 saturated heterocycles. The van der Waals surface area contributed by atoms with Crippen LogP contribution in [0.2, 0.25) is 0 Å². The zero-order valence-corrected chi connectivity index (χ0v) is 9.24. The average molecular weight is 205 g/mol. The number of fused-ring (bicyclic) bond motifs is 1. The number of nitrogens with two attached hydrogens (primary N) is 1. The molecule has 15 heavy (non-hydrogen) atoms. The fourth-order valence-corrected chi connectivity index (χ4v) is 2.83. The summed E-state index contributed by atoms with van der Waals surface area (Å²) in [5.74, 6) is 1.58. The molecule has 0 bridgehead atoms. The molecule has 0 aromatic heterocycles. The van der Waals surface area contributed by atoms with Crippen LogP contribution in [0, 0.1) is 5.92 Å². The van der Waals surface area contributed by atoms with E-state index in [1.54, 1.807) is 6.07 Å². The summed E-state index contributed by atoms with van der Waals surface area (Å²) in [5.41, 5.74) is 8.27. The predicted molar refractivity (Wildman–Crippen MR) is 62.0 cm³/mol. The Balaban J connectivity index is 2.41. The van der Waals surface area contributed by atoms with Gasteiger partial charge in [-0.3, -0.25) is 0 Å². The Kier molecular flexibility index (Phi) is 2.96. The van der Waals surface area contributed by atoms with Crippen molar-refractivity contribution in [3.63, 3.8) is 0 Å². The minimum Gasteiger partial charge on any atom is -0.508 e. The highest BCUT2D eigenvalue weighted by atomic mass is 16.3. The summed E-state index contributed by atoms with van der Waals surface area (Å²) in [4.78, 5) is 0. The van der Waals surface area contributed by atoms with E-state index in [1.807, 2.05) is 6.07 Å². The summed E-state index contributed by atoms with van der Waals surface area (Å²) >= 11 is 0. The van der Waals surface area contributed by atoms with E-state index in [-0.39, 0.29) is 0 Å². The van der Waals surface area contributed by atoms with Crippen molar-refractivity contribution in [2.24, 2.45) is 11.7 Å². The Hall–Kier alpha value is -1.02. The van der Waals surface area contributed by atoms with Crippen LogP contribution in [0.3, 0.4) is 0 Å². The molecule has 1 aliphatic rings. The molecule has 1 aliphatic carbocycles. The van der Waals surface area contributed by atoms with Crippen LogP contribution in [0.15, 0.2) is 18.2 Å². The Bertz CT molecular complexity index is 348. The van der Waals surface area contributed by atoms with E-state index in [0.29, 0.717) is 17.6 Å². The van der Waals surface area contributed by atoms with E-state index in [1.165, 1.54) is 5.56 Å². The third kappa shape index (κ3) is 1.74. The lowest BCUT2D eigenvalue weighted by atomic mass is 9.73. The highest BCUT2D eigenvalue weighted by Crippen LogP contribution is 2.40. The summed E-state index contributed by atoms with van der Waals surface area (Å²) in [6, 6.07) is 5.87. The molecule has 2 unspecified atom stereocenters. The van der Waals surface area contributed by atoms with E-state index in [9.17, 15) is 5.11 Å². The molecule has 0 radical (unpaired) electrons. The smallest absolute Gasteiger partial charge is 0.119 e. The predicted octanol–water partition coefficient (Wildman–Crippen LogP) is 2.41. The number of rotatable bonds is 2. The molecular weight excluding hydrogens is 186 g/mol. The second kappa shape index (κ2) is 4.23. The van der Waals surface area contributed by atoms with Gasteiger partial charge in [-0.1, -0.05) is 19.1 Å². The quantitative estimate of drug-likeness (QED) is 0.778. The van der Waals surface area contributed by atoms with Gasteiger partial charge >= 0.3 is 0 Å². The topological polar surface area (TPSA) is 46.2 Å². The lowest BCUT2D eigenvalue weighted by Gasteiger charge is -2.32. The highest BCUT2D eigenvalue weighted by molar-refractivity contribution is 5.43. The van der Waals surface area contributed by atoms with Gasteiger partial charge in [-0.15, -0.1) is 0 Å². The largest absolute Gasteiger partial charge is 0.508 e. The number of phenolic OH excluding ortho intramolecular Hbond substituents is 1. The summed E-state index contributed by atoms with van der Waals surface area (Å²) < 4.78 is 0. The molecular formula is C13H19NO. The molecule has 0 heterocycles. The lowest BCUT2D eigenvalue weighted by Crippen LogP contribution is -2.26. The SMILES string of the molecule is CCC1c2cccc(O)c2CCC1CN. The molecule has 1 aromatic carbocycles. The van der Waals surface area contributed by atoms with Gasteiger partial charge in [0.1, 0.15) is 5.75 Å². The van der Waals surface area contributed by atoms with Gasteiger partial charge in [-0.05, 0) is 54.8 Å². The van der Waals surface area contributed by atoms with Crippen molar-refractivity contribution in [2.75, 3.05) is 6.54 Å². The first-order chi connectivity index (χ1) is 7.27. The maximum Gasteiger partial charge on any atom is 0.119 e. The van der Waals surface area contributed by atoms with Gasteiger partial charge in [0.05, 0.1) is 0 Å². The minimum atomic E-state index is 0.460. The first-order valence-electron chi connectivity index (χ1n) is 5.78. The standard InChI is InChI=1S/C13H19NO/c1-2-10-9(8-14)6-7-12-11(10)4-3-5-13(12)15/h3-5,9-10,15H,2,6-8,14H2,1H3. The molecule has 0 amide bonds. The summed E-state index contributed by atoms with van der Waals surface area (Å²) in [6.45, 7) is 2.96. The van der Waals surface area contributed by atoms with Crippen molar-refractivity contribution >= 4 is 0 Å². The summed E-state index contributed by atoms with van der Waals surface area (Å²) in [6.07, 6.45) is 3.19. The van der Waals surface area contributed by atoms with E-state index >= 15 is 0 Å². The van der Waals surface area contributed by atoms with Crippen molar-refractivity contribution < 1.29 is 5.11 Å². The lowest BCUT2D eigenvalue weighted by molar-refractivity contribution is 0.362. The zero-order chi connectivity index (χ0) is 10.8. The highest BCUT2D eigenvalue weighted by Gasteiger charge is 2.28. The van der Waals surface area contributed by atoms with Crippen molar-refractivity contribution in [1.29, 1.82) is 0 Å². The van der Waals surface area contributed by atoms with Gasteiger partial charge in [-0.2, -0.15) is 0 Å². The Labute approximate surface area is 91.1 Å². The van der Waals surface area contributed by atoms with Crippen molar-refractivity contribution in [3.8, 4) is 5.75 Å². The van der Waals surface area contributed by atoms with E-state index in [0.717, 1.165) is 31.4 Å². The van der Waals surface area contributed by atoms with Crippen molar-refractivity contribution in [3.05, 3.63) is 29.3 Å². The number of phenols is 1. The van der Waals surface area contributed by atoms with Gasteiger partial charge in [0, 0.05) is 0 Å². The van der Waals surface area contributed by atoms with Gasteiger partial charge < -0.3 is 10.8 Å². The second-order valence-corrected chi connectivity index (χ2v) is 4.39.